The minimum Gasteiger partial charge on any atom is -0.477 e. The zero-order valence-corrected chi connectivity index (χ0v) is 13.0. The number of aryl methyl sites for hydroxylation is 1. The third-order valence-corrected chi connectivity index (χ3v) is 4.85. The first-order valence-electron chi connectivity index (χ1n) is 7.35. The standard InChI is InChI=1S/C14H23N3O2S/c1-3-5-10-12(14(18)19)20-13(16-10)11(4-2)17-8-6-15-7-9-17/h11,15H,3-9H2,1-2H3,(H,18,19). The Morgan fingerprint density at radius 2 is 2.15 bits per heavy atom. The van der Waals surface area contributed by atoms with Crippen LogP contribution in [0.3, 0.4) is 0 Å². The molecule has 1 aliphatic rings. The number of piperazine rings is 1. The van der Waals surface area contributed by atoms with Gasteiger partial charge in [0.2, 0.25) is 0 Å². The van der Waals surface area contributed by atoms with Gasteiger partial charge in [-0.2, -0.15) is 0 Å². The number of carboxylic acids is 1. The van der Waals surface area contributed by atoms with E-state index in [9.17, 15) is 9.90 Å². The van der Waals surface area contributed by atoms with Crippen molar-refractivity contribution in [2.45, 2.75) is 39.2 Å². The average molecular weight is 297 g/mol. The fourth-order valence-corrected chi connectivity index (χ4v) is 3.84. The topological polar surface area (TPSA) is 65.5 Å². The molecule has 6 heteroatoms. The number of carbonyl (C=O) groups is 1. The van der Waals surface area contributed by atoms with Crippen molar-refractivity contribution in [2.75, 3.05) is 26.2 Å². The predicted molar refractivity (Wildman–Crippen MR) is 80.5 cm³/mol. The van der Waals surface area contributed by atoms with E-state index in [-0.39, 0.29) is 6.04 Å². The molecule has 1 aromatic rings. The molecule has 0 radical (unpaired) electrons. The Hall–Kier alpha value is -0.980. The van der Waals surface area contributed by atoms with E-state index in [2.05, 4.69) is 29.0 Å². The van der Waals surface area contributed by atoms with Crippen LogP contribution in [-0.2, 0) is 6.42 Å². The van der Waals surface area contributed by atoms with E-state index in [1.807, 2.05) is 0 Å². The van der Waals surface area contributed by atoms with Gasteiger partial charge in [0.1, 0.15) is 9.88 Å². The summed E-state index contributed by atoms with van der Waals surface area (Å²) in [5.41, 5.74) is 0.758. The number of carboxylic acid groups (broad SMARTS) is 1. The Morgan fingerprint density at radius 1 is 1.45 bits per heavy atom. The molecular weight excluding hydrogens is 274 g/mol. The fraction of sp³-hybridized carbons (Fsp3) is 0.714. The van der Waals surface area contributed by atoms with Gasteiger partial charge in [-0.1, -0.05) is 20.3 Å². The maximum absolute atomic E-state index is 11.3. The summed E-state index contributed by atoms with van der Waals surface area (Å²) in [4.78, 5) is 18.8. The van der Waals surface area contributed by atoms with Gasteiger partial charge >= 0.3 is 5.97 Å². The molecule has 0 bridgehead atoms. The monoisotopic (exact) mass is 297 g/mol. The van der Waals surface area contributed by atoms with Crippen LogP contribution in [0.25, 0.3) is 0 Å². The van der Waals surface area contributed by atoms with Crippen molar-refractivity contribution in [3.05, 3.63) is 15.6 Å². The maximum Gasteiger partial charge on any atom is 0.347 e. The first-order valence-corrected chi connectivity index (χ1v) is 8.16. The van der Waals surface area contributed by atoms with Crippen molar-refractivity contribution >= 4 is 17.3 Å². The van der Waals surface area contributed by atoms with Gasteiger partial charge in [0.15, 0.2) is 0 Å². The molecule has 1 atom stereocenters. The average Bonchev–Trinajstić information content (AvgIpc) is 2.85. The Morgan fingerprint density at radius 3 is 2.70 bits per heavy atom. The van der Waals surface area contributed by atoms with Crippen molar-refractivity contribution < 1.29 is 9.90 Å². The van der Waals surface area contributed by atoms with E-state index < -0.39 is 5.97 Å². The van der Waals surface area contributed by atoms with Crippen molar-refractivity contribution in [2.24, 2.45) is 0 Å². The minimum atomic E-state index is -0.840. The Bertz CT molecular complexity index is 455. The van der Waals surface area contributed by atoms with Gasteiger partial charge in [0.25, 0.3) is 0 Å². The summed E-state index contributed by atoms with van der Waals surface area (Å²) in [6, 6.07) is 0.255. The normalized spacial score (nSPS) is 18.1. The number of aromatic nitrogens is 1. The SMILES string of the molecule is CCCc1nc(C(CC)N2CCNCC2)sc1C(=O)O. The van der Waals surface area contributed by atoms with Gasteiger partial charge in [-0.15, -0.1) is 11.3 Å². The molecule has 2 rings (SSSR count). The highest BCUT2D eigenvalue weighted by molar-refractivity contribution is 7.13. The lowest BCUT2D eigenvalue weighted by Crippen LogP contribution is -2.45. The molecule has 0 aliphatic carbocycles. The zero-order valence-electron chi connectivity index (χ0n) is 12.2. The second-order valence-corrected chi connectivity index (χ2v) is 6.12. The molecule has 1 aliphatic heterocycles. The molecular formula is C14H23N3O2S. The summed E-state index contributed by atoms with van der Waals surface area (Å²) in [6.07, 6.45) is 2.64. The molecule has 2 heterocycles. The van der Waals surface area contributed by atoms with Crippen molar-refractivity contribution in [1.82, 2.24) is 15.2 Å². The quantitative estimate of drug-likeness (QED) is 0.842. The summed E-state index contributed by atoms with van der Waals surface area (Å²) in [7, 11) is 0. The van der Waals surface area contributed by atoms with Gasteiger partial charge in [-0.05, 0) is 12.8 Å². The maximum atomic E-state index is 11.3. The van der Waals surface area contributed by atoms with Crippen LogP contribution in [-0.4, -0.2) is 47.1 Å². The van der Waals surface area contributed by atoms with E-state index >= 15 is 0 Å². The molecule has 0 spiro atoms. The van der Waals surface area contributed by atoms with Gasteiger partial charge in [0, 0.05) is 26.2 Å². The fourth-order valence-electron chi connectivity index (χ4n) is 2.67. The number of thiazole rings is 1. The number of hydrogen-bond donors (Lipinski definition) is 2. The number of rotatable bonds is 6. The first kappa shape index (κ1) is 15.4. The predicted octanol–water partition coefficient (Wildman–Crippen LogP) is 2.15. The van der Waals surface area contributed by atoms with Crippen molar-refractivity contribution in [3.63, 3.8) is 0 Å². The van der Waals surface area contributed by atoms with E-state index in [0.717, 1.165) is 56.1 Å². The molecule has 1 fully saturated rings. The van der Waals surface area contributed by atoms with Gasteiger partial charge in [0.05, 0.1) is 11.7 Å². The lowest BCUT2D eigenvalue weighted by atomic mass is 10.1. The van der Waals surface area contributed by atoms with Crippen LogP contribution >= 0.6 is 11.3 Å². The third kappa shape index (κ3) is 3.37. The van der Waals surface area contributed by atoms with E-state index in [0.29, 0.717) is 4.88 Å². The largest absolute Gasteiger partial charge is 0.477 e. The Kier molecular flexibility index (Phi) is 5.51. The van der Waals surface area contributed by atoms with Crippen molar-refractivity contribution in [1.29, 1.82) is 0 Å². The van der Waals surface area contributed by atoms with E-state index in [1.165, 1.54) is 11.3 Å². The summed E-state index contributed by atoms with van der Waals surface area (Å²) < 4.78 is 0. The van der Waals surface area contributed by atoms with E-state index in [4.69, 9.17) is 0 Å². The molecule has 1 saturated heterocycles. The highest BCUT2D eigenvalue weighted by Crippen LogP contribution is 2.31. The number of aromatic carboxylic acids is 1. The molecule has 2 N–H and O–H groups in total. The van der Waals surface area contributed by atoms with Crippen LogP contribution in [0, 0.1) is 0 Å². The molecule has 1 aromatic heterocycles. The van der Waals surface area contributed by atoms with Crippen LogP contribution in [0.1, 0.15) is 53.1 Å². The molecule has 20 heavy (non-hydrogen) atoms. The second-order valence-electron chi connectivity index (χ2n) is 5.09. The summed E-state index contributed by atoms with van der Waals surface area (Å²) in [6.45, 7) is 8.20. The highest BCUT2D eigenvalue weighted by atomic mass is 32.1. The lowest BCUT2D eigenvalue weighted by Gasteiger charge is -2.33. The molecule has 0 saturated carbocycles. The van der Waals surface area contributed by atoms with Crippen LogP contribution in [0.5, 0.6) is 0 Å². The van der Waals surface area contributed by atoms with Crippen LogP contribution in [0.15, 0.2) is 0 Å². The second kappa shape index (κ2) is 7.15. The molecule has 112 valence electrons. The van der Waals surface area contributed by atoms with Crippen LogP contribution < -0.4 is 5.32 Å². The lowest BCUT2D eigenvalue weighted by molar-refractivity contribution is 0.0700. The van der Waals surface area contributed by atoms with Crippen molar-refractivity contribution in [3.8, 4) is 0 Å². The highest BCUT2D eigenvalue weighted by Gasteiger charge is 2.26. The molecule has 0 amide bonds. The Labute approximate surface area is 124 Å². The van der Waals surface area contributed by atoms with Gasteiger partial charge in [-0.3, -0.25) is 4.90 Å². The number of nitrogens with one attached hydrogen (secondary N) is 1. The van der Waals surface area contributed by atoms with Crippen LogP contribution in [0.4, 0.5) is 0 Å². The first-order chi connectivity index (χ1) is 9.67. The Balaban J connectivity index is 2.24. The molecule has 5 nitrogen and oxygen atoms in total. The molecule has 0 aromatic carbocycles. The number of hydrogen-bond acceptors (Lipinski definition) is 5. The zero-order chi connectivity index (χ0) is 14.5. The summed E-state index contributed by atoms with van der Waals surface area (Å²) in [5, 5.41) is 13.6. The summed E-state index contributed by atoms with van der Waals surface area (Å²) >= 11 is 1.36. The smallest absolute Gasteiger partial charge is 0.347 e. The third-order valence-electron chi connectivity index (χ3n) is 3.66. The minimum absolute atomic E-state index is 0.255. The van der Waals surface area contributed by atoms with E-state index in [1.54, 1.807) is 0 Å². The van der Waals surface area contributed by atoms with Crippen LogP contribution in [0.2, 0.25) is 0 Å². The molecule has 1 unspecified atom stereocenters. The van der Waals surface area contributed by atoms with Gasteiger partial charge < -0.3 is 10.4 Å². The summed E-state index contributed by atoms with van der Waals surface area (Å²) in [5.74, 6) is -0.840. The number of nitrogens with zero attached hydrogens (tertiary/aromatic N) is 2. The van der Waals surface area contributed by atoms with Gasteiger partial charge in [-0.25, -0.2) is 9.78 Å².